The summed E-state index contributed by atoms with van der Waals surface area (Å²) in [5, 5.41) is 12.4. The van der Waals surface area contributed by atoms with Gasteiger partial charge in [-0.3, -0.25) is 0 Å². The van der Waals surface area contributed by atoms with Gasteiger partial charge in [-0.05, 0) is 72.7 Å². The summed E-state index contributed by atoms with van der Waals surface area (Å²) in [5.74, 6) is 0.830. The Labute approximate surface area is 241 Å². The Balaban J connectivity index is 1.42. The van der Waals surface area contributed by atoms with Gasteiger partial charge in [0.15, 0.2) is 0 Å². The highest BCUT2D eigenvalue weighted by Gasteiger charge is 2.55. The van der Waals surface area contributed by atoms with Crippen molar-refractivity contribution in [1.29, 1.82) is 5.26 Å². The van der Waals surface area contributed by atoms with Gasteiger partial charge in [-0.1, -0.05) is 103 Å². The van der Waals surface area contributed by atoms with Gasteiger partial charge in [0, 0.05) is 39.1 Å². The molecule has 4 aliphatic carbocycles. The Morgan fingerprint density at radius 3 is 2.51 bits per heavy atom. The lowest BCUT2D eigenvalue weighted by atomic mass is 9.58. The molecular weight excluding hydrogens is 496 g/mol. The Morgan fingerprint density at radius 1 is 0.829 bits per heavy atom. The van der Waals surface area contributed by atoms with Crippen molar-refractivity contribution >= 4 is 21.8 Å². The van der Waals surface area contributed by atoms with Crippen LogP contribution in [0.25, 0.3) is 21.8 Å². The normalized spacial score (nSPS) is 27.7. The molecule has 8 rings (SSSR count). The summed E-state index contributed by atoms with van der Waals surface area (Å²) in [6.45, 7) is 2.20. The fourth-order valence-corrected chi connectivity index (χ4v) is 8.25. The zero-order valence-corrected chi connectivity index (χ0v) is 23.2. The van der Waals surface area contributed by atoms with E-state index in [4.69, 9.17) is 0 Å². The van der Waals surface area contributed by atoms with Crippen LogP contribution in [-0.4, -0.2) is 4.57 Å². The minimum absolute atomic E-state index is 0.242. The first-order valence-electron chi connectivity index (χ1n) is 14.8. The van der Waals surface area contributed by atoms with Crippen molar-refractivity contribution < 1.29 is 0 Å². The second-order valence-corrected chi connectivity index (χ2v) is 12.0. The summed E-state index contributed by atoms with van der Waals surface area (Å²) in [6.07, 6.45) is 27.3. The van der Waals surface area contributed by atoms with E-state index in [1.807, 2.05) is 6.07 Å². The van der Waals surface area contributed by atoms with Crippen molar-refractivity contribution in [3.05, 3.63) is 155 Å². The standard InChI is InChI=1S/C39H32N2/c1-26-15-18-28(19-16-26)39(35-13-7-5-11-31(35)33-23-27(25-40)17-21-36(33)39)29-20-22-38-34(24-29)32-12-6-8-14-37(32)41(38)30-9-3-2-4-10-30/h2-9,11-18,20-24,28,30-31,35H,10,19H2,1H3. The maximum absolute atomic E-state index is 9.81. The van der Waals surface area contributed by atoms with Crippen LogP contribution in [0.3, 0.4) is 0 Å². The third-order valence-corrected chi connectivity index (χ3v) is 9.99. The van der Waals surface area contributed by atoms with E-state index in [1.165, 1.54) is 44.1 Å². The molecule has 1 aromatic heterocycles. The molecule has 1 heterocycles. The maximum atomic E-state index is 9.81. The molecular formula is C39H32N2. The van der Waals surface area contributed by atoms with Crippen LogP contribution in [0, 0.1) is 23.2 Å². The monoisotopic (exact) mass is 528 g/mol. The molecule has 0 bridgehead atoms. The topological polar surface area (TPSA) is 28.7 Å². The van der Waals surface area contributed by atoms with Crippen molar-refractivity contribution in [3.63, 3.8) is 0 Å². The van der Waals surface area contributed by atoms with Gasteiger partial charge in [0.25, 0.3) is 0 Å². The predicted molar refractivity (Wildman–Crippen MR) is 169 cm³/mol. The summed E-state index contributed by atoms with van der Waals surface area (Å²) < 4.78 is 2.53. The number of allylic oxidation sites excluding steroid dienone is 12. The van der Waals surface area contributed by atoms with Crippen molar-refractivity contribution in [2.75, 3.05) is 0 Å². The zero-order chi connectivity index (χ0) is 27.6. The van der Waals surface area contributed by atoms with E-state index >= 15 is 0 Å². The smallest absolute Gasteiger partial charge is 0.0991 e. The lowest BCUT2D eigenvalue weighted by Gasteiger charge is -2.44. The molecule has 0 aliphatic heterocycles. The molecule has 5 atom stereocenters. The van der Waals surface area contributed by atoms with Crippen LogP contribution in [0.15, 0.2) is 133 Å². The van der Waals surface area contributed by atoms with E-state index in [9.17, 15) is 5.26 Å². The number of nitrogens with zero attached hydrogens (tertiary/aromatic N) is 2. The van der Waals surface area contributed by atoms with E-state index in [-0.39, 0.29) is 17.3 Å². The molecule has 2 nitrogen and oxygen atoms in total. The fraction of sp³-hybridized carbons (Fsp3) is 0.205. The van der Waals surface area contributed by atoms with Gasteiger partial charge >= 0.3 is 0 Å². The molecule has 0 spiro atoms. The molecule has 0 radical (unpaired) electrons. The van der Waals surface area contributed by atoms with Gasteiger partial charge in [-0.25, -0.2) is 0 Å². The largest absolute Gasteiger partial charge is 0.333 e. The van der Waals surface area contributed by atoms with Gasteiger partial charge in [-0.15, -0.1) is 0 Å². The molecule has 0 fully saturated rings. The molecule has 0 saturated heterocycles. The number of rotatable bonds is 3. The summed E-state index contributed by atoms with van der Waals surface area (Å²) in [6, 6.07) is 25.3. The van der Waals surface area contributed by atoms with Crippen molar-refractivity contribution in [2.24, 2.45) is 11.8 Å². The molecule has 41 heavy (non-hydrogen) atoms. The first-order valence-corrected chi connectivity index (χ1v) is 14.8. The summed E-state index contributed by atoms with van der Waals surface area (Å²) in [4.78, 5) is 0. The van der Waals surface area contributed by atoms with E-state index in [0.717, 1.165) is 18.4 Å². The zero-order valence-electron chi connectivity index (χ0n) is 23.2. The maximum Gasteiger partial charge on any atom is 0.0991 e. The number of para-hydroxylation sites is 1. The SMILES string of the molecule is CC1=CCC(C2(c3ccc4c(c3)c3ccccc3n4C3C=CC=CC3)c3ccc(C#N)cc3C3C=CC=CC32)C=C1. The highest BCUT2D eigenvalue weighted by molar-refractivity contribution is 6.08. The lowest BCUT2D eigenvalue weighted by Crippen LogP contribution is -2.41. The Hall–Kier alpha value is -4.61. The van der Waals surface area contributed by atoms with Crippen LogP contribution in [-0.2, 0) is 5.41 Å². The van der Waals surface area contributed by atoms with E-state index in [2.05, 4.69) is 139 Å². The van der Waals surface area contributed by atoms with E-state index in [1.54, 1.807) is 0 Å². The first-order chi connectivity index (χ1) is 20.2. The molecule has 3 aromatic carbocycles. The Morgan fingerprint density at radius 2 is 1.68 bits per heavy atom. The summed E-state index contributed by atoms with van der Waals surface area (Å²) in [5.41, 5.74) is 8.45. The summed E-state index contributed by atoms with van der Waals surface area (Å²) in [7, 11) is 0. The van der Waals surface area contributed by atoms with E-state index < -0.39 is 0 Å². The second kappa shape index (κ2) is 9.22. The lowest BCUT2D eigenvalue weighted by molar-refractivity contribution is 0.300. The van der Waals surface area contributed by atoms with Gasteiger partial charge in [0.2, 0.25) is 0 Å². The second-order valence-electron chi connectivity index (χ2n) is 12.0. The van der Waals surface area contributed by atoms with Crippen LogP contribution in [0.5, 0.6) is 0 Å². The fourth-order valence-electron chi connectivity index (χ4n) is 8.25. The molecule has 0 saturated carbocycles. The predicted octanol–water partition coefficient (Wildman–Crippen LogP) is 9.37. The number of nitriles is 1. The number of hydrogen-bond acceptors (Lipinski definition) is 1. The van der Waals surface area contributed by atoms with Crippen LogP contribution in [0.4, 0.5) is 0 Å². The molecule has 5 unspecified atom stereocenters. The van der Waals surface area contributed by atoms with Crippen LogP contribution in [0.2, 0.25) is 0 Å². The van der Waals surface area contributed by atoms with Crippen molar-refractivity contribution in [1.82, 2.24) is 4.57 Å². The third kappa shape index (κ3) is 3.42. The Kier molecular flexibility index (Phi) is 5.44. The van der Waals surface area contributed by atoms with Gasteiger partial charge < -0.3 is 4.57 Å². The van der Waals surface area contributed by atoms with Crippen molar-refractivity contribution in [3.8, 4) is 6.07 Å². The number of hydrogen-bond donors (Lipinski definition) is 0. The average Bonchev–Trinajstić information content (AvgIpc) is 3.52. The molecule has 4 aliphatic rings. The number of benzene rings is 3. The molecule has 2 heteroatoms. The first kappa shape index (κ1) is 24.2. The number of aromatic nitrogens is 1. The summed E-state index contributed by atoms with van der Waals surface area (Å²) >= 11 is 0. The van der Waals surface area contributed by atoms with Crippen LogP contribution >= 0.6 is 0 Å². The minimum atomic E-state index is -0.242. The minimum Gasteiger partial charge on any atom is -0.333 e. The van der Waals surface area contributed by atoms with Gasteiger partial charge in [-0.2, -0.15) is 5.26 Å². The number of fused-ring (bicyclic) bond motifs is 6. The molecule has 4 aromatic rings. The third-order valence-electron chi connectivity index (χ3n) is 9.99. The average molecular weight is 529 g/mol. The van der Waals surface area contributed by atoms with Crippen LogP contribution in [0.1, 0.15) is 54.0 Å². The molecule has 0 N–H and O–H groups in total. The highest BCUT2D eigenvalue weighted by atomic mass is 15.0. The van der Waals surface area contributed by atoms with Crippen LogP contribution < -0.4 is 0 Å². The quantitative estimate of drug-likeness (QED) is 0.260. The Bertz CT molecular complexity index is 1950. The molecule has 0 amide bonds. The molecule has 198 valence electrons. The van der Waals surface area contributed by atoms with Gasteiger partial charge in [0.1, 0.15) is 0 Å². The van der Waals surface area contributed by atoms with Crippen molar-refractivity contribution in [2.45, 2.75) is 37.1 Å². The highest BCUT2D eigenvalue weighted by Crippen LogP contribution is 2.61. The van der Waals surface area contributed by atoms with Gasteiger partial charge in [0.05, 0.1) is 17.7 Å². The van der Waals surface area contributed by atoms with E-state index in [0.29, 0.717) is 12.0 Å².